The molecule has 1 fully saturated rings. The Kier molecular flexibility index (Phi) is 3.83. The molecule has 0 unspecified atom stereocenters. The average molecular weight is 374 g/mol. The van der Waals surface area contributed by atoms with Crippen molar-refractivity contribution in [2.24, 2.45) is 0 Å². The molecule has 0 aliphatic carbocycles. The summed E-state index contributed by atoms with van der Waals surface area (Å²) in [7, 11) is -3.13. The second-order valence-electron chi connectivity index (χ2n) is 6.29. The minimum absolute atomic E-state index is 0.0300. The summed E-state index contributed by atoms with van der Waals surface area (Å²) in [4.78, 5) is 21.6. The van der Waals surface area contributed by atoms with Crippen LogP contribution >= 0.6 is 0 Å². The zero-order chi connectivity index (χ0) is 18.5. The van der Waals surface area contributed by atoms with E-state index in [0.717, 1.165) is 0 Å². The number of ether oxygens (including phenoxy) is 1. The third kappa shape index (κ3) is 2.59. The highest BCUT2D eigenvalue weighted by Crippen LogP contribution is 2.35. The van der Waals surface area contributed by atoms with E-state index >= 15 is 0 Å². The van der Waals surface area contributed by atoms with Crippen LogP contribution in [0, 0.1) is 0 Å². The SMILES string of the molecule is CCOC(=O)c1c(N)n([C@@H]2CCS(=O)(=O)C2)c2nc3ccccc3nc12. The molecule has 2 N–H and O–H groups in total. The quantitative estimate of drug-likeness (QED) is 0.693. The molecule has 0 spiro atoms. The molecular formula is C17H18N4O4S. The van der Waals surface area contributed by atoms with Crippen LogP contribution in [0.5, 0.6) is 0 Å². The third-order valence-electron chi connectivity index (χ3n) is 4.59. The van der Waals surface area contributed by atoms with Crippen molar-refractivity contribution in [2.75, 3.05) is 23.8 Å². The molecule has 1 aliphatic heterocycles. The average Bonchev–Trinajstić information content (AvgIpc) is 3.08. The fourth-order valence-corrected chi connectivity index (χ4v) is 5.14. The number of benzene rings is 1. The van der Waals surface area contributed by atoms with E-state index in [2.05, 4.69) is 9.97 Å². The Morgan fingerprint density at radius 3 is 2.62 bits per heavy atom. The number of hydrogen-bond donors (Lipinski definition) is 1. The molecule has 1 aliphatic rings. The Hall–Kier alpha value is -2.68. The van der Waals surface area contributed by atoms with Crippen LogP contribution in [0.15, 0.2) is 24.3 Å². The molecule has 136 valence electrons. The van der Waals surface area contributed by atoms with E-state index in [1.54, 1.807) is 17.6 Å². The number of nitrogens with zero attached hydrogens (tertiary/aromatic N) is 3. The second kappa shape index (κ2) is 5.94. The Labute approximate surface area is 149 Å². The van der Waals surface area contributed by atoms with Gasteiger partial charge in [0.25, 0.3) is 0 Å². The summed E-state index contributed by atoms with van der Waals surface area (Å²) in [6.45, 7) is 1.90. The summed E-state index contributed by atoms with van der Waals surface area (Å²) in [5.74, 6) is -0.375. The van der Waals surface area contributed by atoms with Crippen LogP contribution < -0.4 is 5.73 Å². The number of fused-ring (bicyclic) bond motifs is 2. The van der Waals surface area contributed by atoms with E-state index in [9.17, 15) is 13.2 Å². The number of carbonyl (C=O) groups is 1. The normalized spacial score (nSPS) is 19.2. The zero-order valence-electron chi connectivity index (χ0n) is 14.2. The fourth-order valence-electron chi connectivity index (χ4n) is 3.44. The predicted molar refractivity (Wildman–Crippen MR) is 97.7 cm³/mol. The van der Waals surface area contributed by atoms with Gasteiger partial charge in [0.05, 0.1) is 35.2 Å². The maximum absolute atomic E-state index is 12.5. The number of anilines is 1. The molecule has 4 rings (SSSR count). The molecular weight excluding hydrogens is 356 g/mol. The highest BCUT2D eigenvalue weighted by Gasteiger charge is 2.34. The summed E-state index contributed by atoms with van der Waals surface area (Å²) in [6, 6.07) is 6.90. The number of para-hydroxylation sites is 2. The summed E-state index contributed by atoms with van der Waals surface area (Å²) in [5, 5.41) is 0. The van der Waals surface area contributed by atoms with Crippen LogP contribution in [0.2, 0.25) is 0 Å². The Morgan fingerprint density at radius 1 is 1.31 bits per heavy atom. The topological polar surface area (TPSA) is 117 Å². The van der Waals surface area contributed by atoms with E-state index in [1.807, 2.05) is 18.2 Å². The van der Waals surface area contributed by atoms with Crippen LogP contribution in [0.3, 0.4) is 0 Å². The van der Waals surface area contributed by atoms with Crippen molar-refractivity contribution in [3.05, 3.63) is 29.8 Å². The van der Waals surface area contributed by atoms with Gasteiger partial charge in [-0.15, -0.1) is 0 Å². The molecule has 0 saturated carbocycles. The van der Waals surface area contributed by atoms with Crippen LogP contribution in [0.25, 0.3) is 22.2 Å². The van der Waals surface area contributed by atoms with E-state index < -0.39 is 15.8 Å². The lowest BCUT2D eigenvalue weighted by Gasteiger charge is -2.14. The minimum atomic E-state index is -3.13. The summed E-state index contributed by atoms with van der Waals surface area (Å²) >= 11 is 0. The molecule has 3 aromatic rings. The molecule has 0 bridgehead atoms. The summed E-state index contributed by atoms with van der Waals surface area (Å²) < 4.78 is 30.6. The van der Waals surface area contributed by atoms with Crippen molar-refractivity contribution >= 4 is 43.8 Å². The molecule has 8 nitrogen and oxygen atoms in total. The third-order valence-corrected chi connectivity index (χ3v) is 6.34. The first-order valence-electron chi connectivity index (χ1n) is 8.35. The molecule has 26 heavy (non-hydrogen) atoms. The first kappa shape index (κ1) is 16.8. The Balaban J connectivity index is 2.02. The molecule has 3 heterocycles. The van der Waals surface area contributed by atoms with Gasteiger partial charge in [-0.1, -0.05) is 12.1 Å². The van der Waals surface area contributed by atoms with E-state index in [4.69, 9.17) is 10.5 Å². The number of hydrogen-bond acceptors (Lipinski definition) is 7. The van der Waals surface area contributed by atoms with Crippen LogP contribution in [0.1, 0.15) is 29.7 Å². The van der Waals surface area contributed by atoms with E-state index in [-0.39, 0.29) is 35.5 Å². The number of aromatic nitrogens is 3. The molecule has 1 saturated heterocycles. The lowest BCUT2D eigenvalue weighted by Crippen LogP contribution is -2.15. The molecule has 9 heteroatoms. The highest BCUT2D eigenvalue weighted by molar-refractivity contribution is 7.91. The zero-order valence-corrected chi connectivity index (χ0v) is 15.0. The molecule has 1 atom stereocenters. The van der Waals surface area contributed by atoms with Gasteiger partial charge in [-0.25, -0.2) is 23.2 Å². The predicted octanol–water partition coefficient (Wildman–Crippen LogP) is 1.70. The summed E-state index contributed by atoms with van der Waals surface area (Å²) in [6.07, 6.45) is 0.424. The fraction of sp³-hybridized carbons (Fsp3) is 0.353. The lowest BCUT2D eigenvalue weighted by molar-refractivity contribution is 0.0529. The largest absolute Gasteiger partial charge is 0.462 e. The molecule has 0 radical (unpaired) electrons. The number of carbonyl (C=O) groups excluding carboxylic acids is 1. The monoisotopic (exact) mass is 374 g/mol. The van der Waals surface area contributed by atoms with Gasteiger partial charge in [0, 0.05) is 0 Å². The molecule has 2 aromatic heterocycles. The van der Waals surface area contributed by atoms with E-state index in [1.165, 1.54) is 0 Å². The first-order chi connectivity index (χ1) is 12.4. The van der Waals surface area contributed by atoms with Crippen molar-refractivity contribution in [3.8, 4) is 0 Å². The second-order valence-corrected chi connectivity index (χ2v) is 8.52. The van der Waals surface area contributed by atoms with Gasteiger partial charge >= 0.3 is 5.97 Å². The number of nitrogens with two attached hydrogens (primary N) is 1. The van der Waals surface area contributed by atoms with Gasteiger partial charge in [0.2, 0.25) is 0 Å². The van der Waals surface area contributed by atoms with Gasteiger partial charge in [-0.3, -0.25) is 0 Å². The van der Waals surface area contributed by atoms with E-state index in [0.29, 0.717) is 28.6 Å². The van der Waals surface area contributed by atoms with Crippen molar-refractivity contribution in [2.45, 2.75) is 19.4 Å². The van der Waals surface area contributed by atoms with Crippen LogP contribution in [-0.2, 0) is 14.6 Å². The number of rotatable bonds is 3. The van der Waals surface area contributed by atoms with Crippen molar-refractivity contribution in [1.82, 2.24) is 14.5 Å². The smallest absolute Gasteiger partial charge is 0.344 e. The van der Waals surface area contributed by atoms with Gasteiger partial charge in [0.15, 0.2) is 15.5 Å². The Bertz CT molecular complexity index is 1140. The van der Waals surface area contributed by atoms with Crippen molar-refractivity contribution in [1.29, 1.82) is 0 Å². The van der Waals surface area contributed by atoms with Crippen LogP contribution in [0.4, 0.5) is 5.82 Å². The van der Waals surface area contributed by atoms with Gasteiger partial charge in [-0.05, 0) is 25.5 Å². The standard InChI is InChI=1S/C17H18N4O4S/c1-2-25-17(22)13-14-16(20-12-6-4-3-5-11(12)19-14)21(15(13)18)10-7-8-26(23,24)9-10/h3-6,10H,2,7-9,18H2,1H3/t10-/m1/s1. The maximum Gasteiger partial charge on any atom is 0.344 e. The molecule has 0 amide bonds. The van der Waals surface area contributed by atoms with Gasteiger partial charge in [0.1, 0.15) is 16.9 Å². The van der Waals surface area contributed by atoms with Gasteiger partial charge < -0.3 is 15.0 Å². The van der Waals surface area contributed by atoms with Crippen molar-refractivity contribution in [3.63, 3.8) is 0 Å². The maximum atomic E-state index is 12.5. The minimum Gasteiger partial charge on any atom is -0.462 e. The number of esters is 1. The highest BCUT2D eigenvalue weighted by atomic mass is 32.2. The number of sulfone groups is 1. The lowest BCUT2D eigenvalue weighted by atomic mass is 10.2. The molecule has 1 aromatic carbocycles. The number of nitrogen functional groups attached to an aromatic ring is 1. The van der Waals surface area contributed by atoms with Crippen LogP contribution in [-0.4, -0.2) is 47.0 Å². The van der Waals surface area contributed by atoms with Crippen molar-refractivity contribution < 1.29 is 17.9 Å². The first-order valence-corrected chi connectivity index (χ1v) is 10.2. The van der Waals surface area contributed by atoms with Gasteiger partial charge in [-0.2, -0.15) is 0 Å². The summed E-state index contributed by atoms with van der Waals surface area (Å²) in [5.41, 5.74) is 8.43. The Morgan fingerprint density at radius 2 is 2.00 bits per heavy atom.